The Morgan fingerprint density at radius 3 is 2.62 bits per heavy atom. The van der Waals surface area contributed by atoms with Crippen molar-refractivity contribution in [1.82, 2.24) is 0 Å². The van der Waals surface area contributed by atoms with E-state index in [9.17, 15) is 4.39 Å². The van der Waals surface area contributed by atoms with Gasteiger partial charge < -0.3 is 0 Å². The van der Waals surface area contributed by atoms with Gasteiger partial charge >= 0.3 is 0 Å². The third-order valence-electron chi connectivity index (χ3n) is 1.99. The van der Waals surface area contributed by atoms with E-state index in [1.54, 1.807) is 17.4 Å². The Bertz CT molecular complexity index is 384. The van der Waals surface area contributed by atoms with Crippen LogP contribution in [0.3, 0.4) is 0 Å². The van der Waals surface area contributed by atoms with Gasteiger partial charge in [-0.1, -0.05) is 18.2 Å². The van der Waals surface area contributed by atoms with E-state index < -0.39 is 0 Å². The van der Waals surface area contributed by atoms with E-state index in [0.29, 0.717) is 0 Å². The predicted molar refractivity (Wildman–Crippen MR) is 54.5 cm³/mol. The van der Waals surface area contributed by atoms with Gasteiger partial charge in [-0.25, -0.2) is 4.39 Å². The monoisotopic (exact) mass is 192 g/mol. The van der Waals surface area contributed by atoms with Crippen LogP contribution in [0.2, 0.25) is 0 Å². The molecule has 0 fully saturated rings. The summed E-state index contributed by atoms with van der Waals surface area (Å²) in [4.78, 5) is 0.996. The summed E-state index contributed by atoms with van der Waals surface area (Å²) in [6.45, 7) is 1.93. The third kappa shape index (κ3) is 1.49. The first-order chi connectivity index (χ1) is 6.29. The average molecular weight is 192 g/mol. The number of halogens is 1. The van der Waals surface area contributed by atoms with Gasteiger partial charge in [0, 0.05) is 10.4 Å². The smallest absolute Gasteiger partial charge is 0.132 e. The summed E-state index contributed by atoms with van der Waals surface area (Å²) >= 11 is 1.56. The van der Waals surface area contributed by atoms with Crippen molar-refractivity contribution in [3.63, 3.8) is 0 Å². The van der Waals surface area contributed by atoms with Crippen molar-refractivity contribution in [3.8, 4) is 10.4 Å². The molecule has 0 unspecified atom stereocenters. The Morgan fingerprint density at radius 1 is 1.15 bits per heavy atom. The maximum absolute atomic E-state index is 13.4. The molecule has 2 rings (SSSR count). The second-order valence-corrected chi connectivity index (χ2v) is 3.86. The van der Waals surface area contributed by atoms with Crippen LogP contribution in [-0.2, 0) is 0 Å². The van der Waals surface area contributed by atoms with E-state index in [2.05, 4.69) is 0 Å². The average Bonchev–Trinajstić information content (AvgIpc) is 2.57. The highest BCUT2D eigenvalue weighted by molar-refractivity contribution is 7.13. The number of aryl methyl sites for hydroxylation is 1. The zero-order chi connectivity index (χ0) is 9.26. The Hall–Kier alpha value is -1.15. The van der Waals surface area contributed by atoms with Crippen molar-refractivity contribution in [3.05, 3.63) is 47.1 Å². The van der Waals surface area contributed by atoms with Crippen LogP contribution in [0.15, 0.2) is 35.7 Å². The van der Waals surface area contributed by atoms with E-state index in [1.165, 1.54) is 6.07 Å². The van der Waals surface area contributed by atoms with Crippen molar-refractivity contribution < 1.29 is 4.39 Å². The van der Waals surface area contributed by atoms with Crippen LogP contribution in [0, 0.1) is 12.7 Å². The summed E-state index contributed by atoms with van der Waals surface area (Å²) in [6.07, 6.45) is 0. The van der Waals surface area contributed by atoms with E-state index >= 15 is 0 Å². The van der Waals surface area contributed by atoms with Crippen molar-refractivity contribution in [2.75, 3.05) is 0 Å². The SMILES string of the molecule is Cc1cccc(F)c1-c1cccs1. The Balaban J connectivity index is 2.64. The molecule has 0 amide bonds. The number of benzene rings is 1. The predicted octanol–water partition coefficient (Wildman–Crippen LogP) is 3.86. The first kappa shape index (κ1) is 8.45. The minimum absolute atomic E-state index is 0.137. The molecule has 0 aliphatic rings. The molecule has 0 spiro atoms. The molecular weight excluding hydrogens is 183 g/mol. The molecule has 66 valence electrons. The van der Waals surface area contributed by atoms with E-state index in [4.69, 9.17) is 0 Å². The van der Waals surface area contributed by atoms with Gasteiger partial charge in [0.15, 0.2) is 0 Å². The quantitative estimate of drug-likeness (QED) is 0.643. The molecule has 0 bridgehead atoms. The lowest BCUT2D eigenvalue weighted by Gasteiger charge is -2.03. The fourth-order valence-corrected chi connectivity index (χ4v) is 2.20. The summed E-state index contributed by atoms with van der Waals surface area (Å²) in [6, 6.07) is 9.05. The number of hydrogen-bond acceptors (Lipinski definition) is 1. The summed E-state index contributed by atoms with van der Waals surface area (Å²) in [5, 5.41) is 1.96. The molecule has 0 saturated carbocycles. The lowest BCUT2D eigenvalue weighted by Crippen LogP contribution is -1.85. The molecule has 0 aliphatic carbocycles. The second-order valence-electron chi connectivity index (χ2n) is 2.91. The molecule has 1 aromatic heterocycles. The topological polar surface area (TPSA) is 0 Å². The molecule has 0 N–H and O–H groups in total. The van der Waals surface area contributed by atoms with Gasteiger partial charge in [0.25, 0.3) is 0 Å². The van der Waals surface area contributed by atoms with Gasteiger partial charge in [0.1, 0.15) is 5.82 Å². The van der Waals surface area contributed by atoms with Crippen LogP contribution in [-0.4, -0.2) is 0 Å². The summed E-state index contributed by atoms with van der Waals surface area (Å²) in [5.41, 5.74) is 1.72. The standard InChI is InChI=1S/C11H9FS/c1-8-4-2-5-9(12)11(8)10-6-3-7-13-10/h2-7H,1H3. The Morgan fingerprint density at radius 2 is 2.00 bits per heavy atom. The van der Waals surface area contributed by atoms with Crippen LogP contribution in [0.4, 0.5) is 4.39 Å². The summed E-state index contributed by atoms with van der Waals surface area (Å²) in [7, 11) is 0. The maximum Gasteiger partial charge on any atom is 0.132 e. The highest BCUT2D eigenvalue weighted by atomic mass is 32.1. The highest BCUT2D eigenvalue weighted by Gasteiger charge is 2.07. The number of rotatable bonds is 1. The van der Waals surface area contributed by atoms with Gasteiger partial charge in [0.05, 0.1) is 0 Å². The fourth-order valence-electron chi connectivity index (χ4n) is 1.36. The van der Waals surface area contributed by atoms with E-state index in [-0.39, 0.29) is 5.82 Å². The van der Waals surface area contributed by atoms with E-state index in [0.717, 1.165) is 16.0 Å². The largest absolute Gasteiger partial charge is 0.206 e. The lowest BCUT2D eigenvalue weighted by atomic mass is 10.1. The van der Waals surface area contributed by atoms with E-state index in [1.807, 2.05) is 30.5 Å². The van der Waals surface area contributed by atoms with Crippen LogP contribution in [0.5, 0.6) is 0 Å². The molecule has 0 saturated heterocycles. The van der Waals surface area contributed by atoms with Gasteiger partial charge in [-0.3, -0.25) is 0 Å². The zero-order valence-electron chi connectivity index (χ0n) is 7.25. The number of thiophene rings is 1. The molecular formula is C11H9FS. The minimum atomic E-state index is -0.137. The van der Waals surface area contributed by atoms with Crippen molar-refractivity contribution in [2.45, 2.75) is 6.92 Å². The van der Waals surface area contributed by atoms with Crippen LogP contribution in [0.1, 0.15) is 5.56 Å². The second kappa shape index (κ2) is 3.30. The molecule has 1 heterocycles. The van der Waals surface area contributed by atoms with Crippen LogP contribution in [0.25, 0.3) is 10.4 Å². The van der Waals surface area contributed by atoms with Gasteiger partial charge in [-0.2, -0.15) is 0 Å². The van der Waals surface area contributed by atoms with Crippen molar-refractivity contribution >= 4 is 11.3 Å². The zero-order valence-corrected chi connectivity index (χ0v) is 8.07. The molecule has 13 heavy (non-hydrogen) atoms. The molecule has 0 nitrogen and oxygen atoms in total. The first-order valence-electron chi connectivity index (χ1n) is 4.08. The molecule has 2 aromatic rings. The van der Waals surface area contributed by atoms with Crippen molar-refractivity contribution in [1.29, 1.82) is 0 Å². The summed E-state index contributed by atoms with van der Waals surface area (Å²) in [5.74, 6) is -0.137. The molecule has 2 heteroatoms. The molecule has 0 aliphatic heterocycles. The fraction of sp³-hybridized carbons (Fsp3) is 0.0909. The normalized spacial score (nSPS) is 10.3. The van der Waals surface area contributed by atoms with Gasteiger partial charge in [-0.15, -0.1) is 11.3 Å². The molecule has 1 aromatic carbocycles. The number of hydrogen-bond donors (Lipinski definition) is 0. The summed E-state index contributed by atoms with van der Waals surface area (Å²) < 4.78 is 13.4. The Labute approximate surface area is 80.7 Å². The molecule has 0 radical (unpaired) electrons. The van der Waals surface area contributed by atoms with Gasteiger partial charge in [0.2, 0.25) is 0 Å². The first-order valence-corrected chi connectivity index (χ1v) is 4.96. The minimum Gasteiger partial charge on any atom is -0.206 e. The van der Waals surface area contributed by atoms with Crippen LogP contribution >= 0.6 is 11.3 Å². The highest BCUT2D eigenvalue weighted by Crippen LogP contribution is 2.29. The Kier molecular flexibility index (Phi) is 2.15. The lowest BCUT2D eigenvalue weighted by molar-refractivity contribution is 0.630. The molecule has 0 atom stereocenters. The maximum atomic E-state index is 13.4. The van der Waals surface area contributed by atoms with Crippen molar-refractivity contribution in [2.24, 2.45) is 0 Å². The van der Waals surface area contributed by atoms with Crippen LogP contribution < -0.4 is 0 Å². The third-order valence-corrected chi connectivity index (χ3v) is 2.88. The van der Waals surface area contributed by atoms with Gasteiger partial charge in [-0.05, 0) is 30.0 Å².